The highest BCUT2D eigenvalue weighted by Gasteiger charge is 2.41. The van der Waals surface area contributed by atoms with E-state index < -0.39 is 24.2 Å². The van der Waals surface area contributed by atoms with Crippen LogP contribution in [-0.4, -0.2) is 62.6 Å². The number of carbonyl (C=O) groups is 1. The number of nitrogens with two attached hydrogens (primary N) is 1. The zero-order valence-corrected chi connectivity index (χ0v) is 17.6. The van der Waals surface area contributed by atoms with Gasteiger partial charge >= 0.3 is 0 Å². The zero-order valence-electron chi connectivity index (χ0n) is 16.8. The lowest BCUT2D eigenvalue weighted by Crippen LogP contribution is -2.35. The third-order valence-electron chi connectivity index (χ3n) is 5.07. The van der Waals surface area contributed by atoms with Gasteiger partial charge in [-0.3, -0.25) is 4.79 Å². The Morgan fingerprint density at radius 3 is 2.68 bits per heavy atom. The lowest BCUT2D eigenvalue weighted by molar-refractivity contribution is 0.00445. The van der Waals surface area contributed by atoms with Gasteiger partial charge in [0.1, 0.15) is 17.5 Å². The van der Waals surface area contributed by atoms with Gasteiger partial charge in [0.05, 0.1) is 17.7 Å². The number of nitrogen functional groups attached to an aromatic ring is 1. The van der Waals surface area contributed by atoms with Crippen LogP contribution < -0.4 is 16.4 Å². The Morgan fingerprint density at radius 1 is 1.26 bits per heavy atom. The Kier molecular flexibility index (Phi) is 7.30. The summed E-state index contributed by atoms with van der Waals surface area (Å²) in [6.07, 6.45) is -1.88. The SMILES string of the molecule is CCNC(=O)c1ccccc1C#Cc1c(Cl)nc(N)nc1N[C@@H]1C[C@H](CO)[C@@H](O)[C@H]1O. The average molecular weight is 446 g/mol. The van der Waals surface area contributed by atoms with E-state index in [1.807, 2.05) is 6.92 Å². The predicted molar refractivity (Wildman–Crippen MR) is 117 cm³/mol. The maximum absolute atomic E-state index is 12.3. The average Bonchev–Trinajstić information content (AvgIpc) is 3.01. The van der Waals surface area contributed by atoms with E-state index in [-0.39, 0.29) is 35.0 Å². The molecule has 1 saturated carbocycles. The molecule has 1 heterocycles. The zero-order chi connectivity index (χ0) is 22.5. The molecule has 1 aromatic carbocycles. The van der Waals surface area contributed by atoms with Crippen molar-refractivity contribution in [2.75, 3.05) is 24.2 Å². The van der Waals surface area contributed by atoms with Gasteiger partial charge in [-0.25, -0.2) is 0 Å². The number of aliphatic hydroxyl groups is 3. The van der Waals surface area contributed by atoms with Crippen molar-refractivity contribution >= 4 is 29.3 Å². The summed E-state index contributed by atoms with van der Waals surface area (Å²) in [6, 6.07) is 6.28. The van der Waals surface area contributed by atoms with Gasteiger partial charge in [0.2, 0.25) is 5.95 Å². The summed E-state index contributed by atoms with van der Waals surface area (Å²) in [5.74, 6) is 5.20. The van der Waals surface area contributed by atoms with Crippen LogP contribution in [0, 0.1) is 17.8 Å². The van der Waals surface area contributed by atoms with Crippen molar-refractivity contribution in [2.24, 2.45) is 5.92 Å². The van der Waals surface area contributed by atoms with E-state index >= 15 is 0 Å². The standard InChI is InChI=1S/C21H24ClN5O4/c1-2-24-20(31)13-6-4-3-5-11(13)7-8-14-18(22)26-21(23)27-19(14)25-15-9-12(10-28)16(29)17(15)30/h3-6,12,15-17,28-30H,2,9-10H2,1H3,(H,24,31)(H3,23,25,26,27)/t12-,15-,16-,17+/m1/s1. The Bertz CT molecular complexity index is 1020. The minimum absolute atomic E-state index is 0.00438. The molecule has 0 saturated heterocycles. The third kappa shape index (κ3) is 5.06. The summed E-state index contributed by atoms with van der Waals surface area (Å²) in [6.45, 7) is 2.05. The van der Waals surface area contributed by atoms with Gasteiger partial charge < -0.3 is 31.7 Å². The fourth-order valence-corrected chi connectivity index (χ4v) is 3.69. The Hall–Kier alpha value is -2.90. The highest BCUT2D eigenvalue weighted by atomic mass is 35.5. The summed E-state index contributed by atoms with van der Waals surface area (Å²) in [5.41, 5.74) is 6.86. The van der Waals surface area contributed by atoms with E-state index in [9.17, 15) is 20.1 Å². The minimum atomic E-state index is -1.12. The number of amides is 1. The van der Waals surface area contributed by atoms with E-state index in [1.165, 1.54) is 0 Å². The second kappa shape index (κ2) is 9.94. The van der Waals surface area contributed by atoms with E-state index in [0.29, 0.717) is 24.1 Å². The fourth-order valence-electron chi connectivity index (χ4n) is 3.46. The first-order valence-corrected chi connectivity index (χ1v) is 10.2. The normalized spacial score (nSPS) is 22.5. The van der Waals surface area contributed by atoms with Crippen molar-refractivity contribution in [3.63, 3.8) is 0 Å². The highest BCUT2D eigenvalue weighted by molar-refractivity contribution is 6.31. The Labute approximate surface area is 184 Å². The van der Waals surface area contributed by atoms with Gasteiger partial charge in [0, 0.05) is 24.6 Å². The minimum Gasteiger partial charge on any atom is -0.396 e. The number of hydrogen-bond acceptors (Lipinski definition) is 8. The van der Waals surface area contributed by atoms with Crippen LogP contribution in [0.4, 0.5) is 11.8 Å². The second-order valence-electron chi connectivity index (χ2n) is 7.16. The lowest BCUT2D eigenvalue weighted by Gasteiger charge is -2.19. The number of aromatic nitrogens is 2. The van der Waals surface area contributed by atoms with Gasteiger partial charge in [0.25, 0.3) is 5.91 Å². The summed E-state index contributed by atoms with van der Waals surface area (Å²) < 4.78 is 0. The second-order valence-corrected chi connectivity index (χ2v) is 7.52. The van der Waals surface area contributed by atoms with Crippen LogP contribution in [0.25, 0.3) is 0 Å². The fraction of sp³-hybridized carbons (Fsp3) is 0.381. The van der Waals surface area contributed by atoms with Crippen molar-refractivity contribution in [3.05, 3.63) is 46.1 Å². The molecular formula is C21H24ClN5O4. The van der Waals surface area contributed by atoms with E-state index in [0.717, 1.165) is 0 Å². The van der Waals surface area contributed by atoms with Crippen LogP contribution in [0.1, 0.15) is 34.8 Å². The number of hydrogen-bond donors (Lipinski definition) is 6. The number of aliphatic hydroxyl groups excluding tert-OH is 3. The van der Waals surface area contributed by atoms with Crippen molar-refractivity contribution < 1.29 is 20.1 Å². The first-order chi connectivity index (χ1) is 14.8. The van der Waals surface area contributed by atoms with Crippen molar-refractivity contribution in [2.45, 2.75) is 31.6 Å². The number of benzene rings is 1. The monoisotopic (exact) mass is 445 g/mol. The molecule has 3 rings (SSSR count). The summed E-state index contributed by atoms with van der Waals surface area (Å²) >= 11 is 6.25. The molecule has 1 amide bonds. The van der Waals surface area contributed by atoms with Gasteiger partial charge in [-0.2, -0.15) is 9.97 Å². The largest absolute Gasteiger partial charge is 0.396 e. The number of rotatable bonds is 5. The molecule has 2 aromatic rings. The molecule has 1 fully saturated rings. The first kappa shape index (κ1) is 22.8. The molecule has 4 atom stereocenters. The topological polar surface area (TPSA) is 154 Å². The first-order valence-electron chi connectivity index (χ1n) is 9.81. The Balaban J connectivity index is 1.96. The molecule has 0 aliphatic heterocycles. The molecule has 7 N–H and O–H groups in total. The van der Waals surface area contributed by atoms with Gasteiger partial charge in [-0.1, -0.05) is 35.6 Å². The van der Waals surface area contributed by atoms with E-state index in [2.05, 4.69) is 32.4 Å². The van der Waals surface area contributed by atoms with Gasteiger partial charge in [-0.05, 0) is 25.5 Å². The molecule has 0 radical (unpaired) electrons. The molecule has 1 aliphatic rings. The lowest BCUT2D eigenvalue weighted by atomic mass is 10.1. The van der Waals surface area contributed by atoms with Crippen LogP contribution >= 0.6 is 11.6 Å². The predicted octanol–water partition coefficient (Wildman–Crippen LogP) is 0.376. The molecular weight excluding hydrogens is 422 g/mol. The maximum atomic E-state index is 12.3. The quantitative estimate of drug-likeness (QED) is 0.285. The molecule has 1 aliphatic carbocycles. The molecule has 0 unspecified atom stereocenters. The molecule has 31 heavy (non-hydrogen) atoms. The van der Waals surface area contributed by atoms with Crippen LogP contribution in [0.15, 0.2) is 24.3 Å². The molecule has 164 valence electrons. The van der Waals surface area contributed by atoms with Gasteiger partial charge in [-0.15, -0.1) is 0 Å². The number of nitrogens with one attached hydrogen (secondary N) is 2. The summed E-state index contributed by atoms with van der Waals surface area (Å²) in [5, 5.41) is 35.5. The number of halogens is 1. The van der Waals surface area contributed by atoms with Crippen molar-refractivity contribution in [3.8, 4) is 11.8 Å². The highest BCUT2D eigenvalue weighted by Crippen LogP contribution is 2.30. The smallest absolute Gasteiger partial charge is 0.252 e. The molecule has 10 heteroatoms. The summed E-state index contributed by atoms with van der Waals surface area (Å²) in [7, 11) is 0. The summed E-state index contributed by atoms with van der Waals surface area (Å²) in [4.78, 5) is 20.4. The van der Waals surface area contributed by atoms with E-state index in [1.54, 1.807) is 24.3 Å². The number of carbonyl (C=O) groups excluding carboxylic acids is 1. The van der Waals surface area contributed by atoms with Crippen LogP contribution in [0.2, 0.25) is 5.15 Å². The molecule has 1 aromatic heterocycles. The number of nitrogens with zero attached hydrogens (tertiary/aromatic N) is 2. The number of anilines is 2. The molecule has 0 spiro atoms. The van der Waals surface area contributed by atoms with Crippen LogP contribution in [0.3, 0.4) is 0 Å². The van der Waals surface area contributed by atoms with Crippen molar-refractivity contribution in [1.82, 2.24) is 15.3 Å². The van der Waals surface area contributed by atoms with Gasteiger partial charge in [0.15, 0.2) is 5.15 Å². The molecule has 9 nitrogen and oxygen atoms in total. The van der Waals surface area contributed by atoms with Crippen molar-refractivity contribution in [1.29, 1.82) is 0 Å². The third-order valence-corrected chi connectivity index (χ3v) is 5.35. The van der Waals surface area contributed by atoms with Crippen LogP contribution in [0.5, 0.6) is 0 Å². The maximum Gasteiger partial charge on any atom is 0.252 e. The van der Waals surface area contributed by atoms with E-state index in [4.69, 9.17) is 17.3 Å². The molecule has 0 bridgehead atoms. The Morgan fingerprint density at radius 2 is 2.00 bits per heavy atom. The van der Waals surface area contributed by atoms with Crippen LogP contribution in [-0.2, 0) is 0 Å².